The molecule has 1 aromatic carbocycles. The van der Waals surface area contributed by atoms with Crippen LogP contribution in [0.25, 0.3) is 11.3 Å². The highest BCUT2D eigenvalue weighted by Crippen LogP contribution is 2.40. The Bertz CT molecular complexity index is 1320. The maximum atomic E-state index is 13.2. The molecule has 0 unspecified atom stereocenters. The van der Waals surface area contributed by atoms with Gasteiger partial charge in [-0.2, -0.15) is 0 Å². The number of methoxy groups -OCH3 is 1. The molecule has 3 aromatic rings. The molecule has 0 atom stereocenters. The molecule has 0 bridgehead atoms. The molecule has 2 aliphatic heterocycles. The highest BCUT2D eigenvalue weighted by Gasteiger charge is 2.42. The van der Waals surface area contributed by atoms with Gasteiger partial charge in [-0.3, -0.25) is 19.6 Å². The van der Waals surface area contributed by atoms with Gasteiger partial charge in [0.1, 0.15) is 11.4 Å². The summed E-state index contributed by atoms with van der Waals surface area (Å²) in [6, 6.07) is 11.2. The van der Waals surface area contributed by atoms with Gasteiger partial charge in [-0.05, 0) is 67.8 Å². The van der Waals surface area contributed by atoms with Gasteiger partial charge in [0.15, 0.2) is 5.78 Å². The van der Waals surface area contributed by atoms with E-state index in [2.05, 4.69) is 20.2 Å². The minimum absolute atomic E-state index is 0.119. The van der Waals surface area contributed by atoms with E-state index in [-0.39, 0.29) is 11.7 Å². The quantitative estimate of drug-likeness (QED) is 0.406. The van der Waals surface area contributed by atoms with Gasteiger partial charge in [0.05, 0.1) is 23.2 Å². The van der Waals surface area contributed by atoms with Crippen LogP contribution in [0.2, 0.25) is 0 Å². The lowest BCUT2D eigenvalue weighted by molar-refractivity contribution is -0.00943. The molecule has 8 heteroatoms. The van der Waals surface area contributed by atoms with Crippen LogP contribution in [0.1, 0.15) is 63.9 Å². The summed E-state index contributed by atoms with van der Waals surface area (Å²) in [5.41, 5.74) is 4.19. The lowest BCUT2D eigenvalue weighted by atomic mass is 9.82. The van der Waals surface area contributed by atoms with Gasteiger partial charge >= 0.3 is 0 Å². The number of nitrogens with one attached hydrogen (secondary N) is 1. The summed E-state index contributed by atoms with van der Waals surface area (Å²) in [5, 5.41) is 2.91. The average Bonchev–Trinajstić information content (AvgIpc) is 2.95. The van der Waals surface area contributed by atoms with Crippen molar-refractivity contribution < 1.29 is 19.1 Å². The number of aromatic nitrogens is 2. The first-order valence-electron chi connectivity index (χ1n) is 13.7. The number of unbranched alkanes of at least 4 members (excludes halogenated alkanes) is 1. The molecule has 204 valence electrons. The summed E-state index contributed by atoms with van der Waals surface area (Å²) in [6.45, 7) is 6.12. The second kappa shape index (κ2) is 12.1. The molecule has 1 fully saturated rings. The van der Waals surface area contributed by atoms with Gasteiger partial charge < -0.3 is 19.7 Å². The minimum atomic E-state index is -0.406. The van der Waals surface area contributed by atoms with Crippen LogP contribution in [0.15, 0.2) is 55.0 Å². The van der Waals surface area contributed by atoms with E-state index in [9.17, 15) is 9.59 Å². The van der Waals surface area contributed by atoms with E-state index < -0.39 is 5.60 Å². The fourth-order valence-corrected chi connectivity index (χ4v) is 5.40. The van der Waals surface area contributed by atoms with E-state index in [0.717, 1.165) is 68.6 Å². The van der Waals surface area contributed by atoms with Gasteiger partial charge in [-0.15, -0.1) is 0 Å². The molecule has 1 spiro atoms. The number of aryl methyl sites for hydroxylation is 1. The number of Topliss-reactive ketones (excluding diaryl/α,β-unsaturated/α-hetero) is 1. The smallest absolute Gasteiger partial charge is 0.253 e. The zero-order valence-electron chi connectivity index (χ0n) is 22.7. The van der Waals surface area contributed by atoms with Gasteiger partial charge in [-0.1, -0.05) is 6.07 Å². The third kappa shape index (κ3) is 6.52. The number of rotatable bonds is 9. The molecule has 39 heavy (non-hydrogen) atoms. The molecule has 8 nitrogen and oxygen atoms in total. The fraction of sp³-hybridized carbons (Fsp3) is 0.419. The molecule has 5 rings (SSSR count). The summed E-state index contributed by atoms with van der Waals surface area (Å²) >= 11 is 0. The maximum absolute atomic E-state index is 13.2. The van der Waals surface area contributed by atoms with Crippen LogP contribution in [-0.2, 0) is 11.3 Å². The second-order valence-electron chi connectivity index (χ2n) is 10.6. The number of benzene rings is 1. The molecule has 4 heterocycles. The summed E-state index contributed by atoms with van der Waals surface area (Å²) in [7, 11) is 1.74. The van der Waals surface area contributed by atoms with Crippen molar-refractivity contribution in [3.8, 4) is 17.0 Å². The second-order valence-corrected chi connectivity index (χ2v) is 10.6. The Balaban J connectivity index is 1.20. The van der Waals surface area contributed by atoms with E-state index >= 15 is 0 Å². The number of fused-ring (bicyclic) bond motifs is 1. The minimum Gasteiger partial charge on any atom is -0.486 e. The molecule has 1 N–H and O–H groups in total. The third-order valence-corrected chi connectivity index (χ3v) is 7.64. The summed E-state index contributed by atoms with van der Waals surface area (Å²) in [6.07, 6.45) is 9.40. The molecule has 0 aliphatic carbocycles. The van der Waals surface area contributed by atoms with E-state index in [1.54, 1.807) is 31.8 Å². The zero-order chi connectivity index (χ0) is 27.2. The molecule has 0 saturated carbocycles. The summed E-state index contributed by atoms with van der Waals surface area (Å²) < 4.78 is 11.6. The van der Waals surface area contributed by atoms with Crippen molar-refractivity contribution in [3.05, 3.63) is 77.2 Å². The van der Waals surface area contributed by atoms with Gasteiger partial charge in [0, 0.05) is 70.3 Å². The van der Waals surface area contributed by atoms with Crippen LogP contribution in [0.4, 0.5) is 0 Å². The van der Waals surface area contributed by atoms with Crippen molar-refractivity contribution in [3.63, 3.8) is 0 Å². The van der Waals surface area contributed by atoms with Crippen LogP contribution in [0.3, 0.4) is 0 Å². The van der Waals surface area contributed by atoms with Crippen molar-refractivity contribution in [1.82, 2.24) is 20.2 Å². The fourth-order valence-electron chi connectivity index (χ4n) is 5.40. The number of ether oxygens (including phenoxy) is 2. The molecule has 2 aliphatic rings. The average molecular weight is 529 g/mol. The number of nitrogens with zero attached hydrogens (tertiary/aromatic N) is 3. The predicted molar refractivity (Wildman–Crippen MR) is 149 cm³/mol. The van der Waals surface area contributed by atoms with Crippen molar-refractivity contribution >= 4 is 11.7 Å². The monoisotopic (exact) mass is 528 g/mol. The van der Waals surface area contributed by atoms with E-state index in [4.69, 9.17) is 9.47 Å². The molecule has 1 amide bonds. The first kappa shape index (κ1) is 27.0. The summed E-state index contributed by atoms with van der Waals surface area (Å²) in [4.78, 5) is 36.9. The Kier molecular flexibility index (Phi) is 8.33. The number of hydrogen-bond donors (Lipinski definition) is 1. The highest BCUT2D eigenvalue weighted by molar-refractivity contribution is 6.01. The van der Waals surface area contributed by atoms with Crippen LogP contribution in [0, 0.1) is 6.92 Å². The number of carbonyl (C=O) groups excluding carboxylic acids is 2. The standard InChI is InChI=1S/C31H36N4O4/c1-22-15-23(19-32-18-22)20-34-30(37)25-5-7-27(33-21-25)24-6-8-29-26(16-24)28(36)17-31(39-29)9-12-35(13-10-31)11-3-4-14-38-2/h5-8,15-16,18-19,21H,3-4,9-14,17,20H2,1-2H3,(H,34,37). The third-order valence-electron chi connectivity index (χ3n) is 7.64. The Morgan fingerprint density at radius 1 is 1.10 bits per heavy atom. The maximum Gasteiger partial charge on any atom is 0.253 e. The van der Waals surface area contributed by atoms with E-state index in [1.807, 2.05) is 37.3 Å². The number of carbonyl (C=O) groups is 2. The first-order chi connectivity index (χ1) is 18.9. The lowest BCUT2D eigenvalue weighted by Crippen LogP contribution is -2.51. The van der Waals surface area contributed by atoms with Crippen molar-refractivity contribution in [2.45, 2.75) is 51.2 Å². The molecule has 0 radical (unpaired) electrons. The van der Waals surface area contributed by atoms with Crippen LogP contribution in [0.5, 0.6) is 5.75 Å². The zero-order valence-corrected chi connectivity index (χ0v) is 22.7. The number of amides is 1. The van der Waals surface area contributed by atoms with Gasteiger partial charge in [0.25, 0.3) is 5.91 Å². The largest absolute Gasteiger partial charge is 0.486 e. The van der Waals surface area contributed by atoms with Crippen LogP contribution >= 0.6 is 0 Å². The van der Waals surface area contributed by atoms with E-state index in [1.165, 1.54) is 0 Å². The first-order valence-corrected chi connectivity index (χ1v) is 13.7. The Morgan fingerprint density at radius 3 is 2.69 bits per heavy atom. The molecule has 2 aromatic heterocycles. The molecule has 1 saturated heterocycles. The van der Waals surface area contributed by atoms with E-state index in [0.29, 0.717) is 35.5 Å². The van der Waals surface area contributed by atoms with Crippen LogP contribution in [-0.4, -0.2) is 65.5 Å². The normalized spacial score (nSPS) is 16.5. The highest BCUT2D eigenvalue weighted by atomic mass is 16.5. The Labute approximate surface area is 229 Å². The van der Waals surface area contributed by atoms with Crippen molar-refractivity contribution in [1.29, 1.82) is 0 Å². The van der Waals surface area contributed by atoms with Gasteiger partial charge in [0.2, 0.25) is 0 Å². The summed E-state index contributed by atoms with van der Waals surface area (Å²) in [5.74, 6) is 0.578. The Hall–Kier alpha value is -3.62. The number of likely N-dealkylation sites (tertiary alicyclic amines) is 1. The van der Waals surface area contributed by atoms with Crippen LogP contribution < -0.4 is 10.1 Å². The number of ketones is 1. The Morgan fingerprint density at radius 2 is 1.95 bits per heavy atom. The number of pyridine rings is 2. The van der Waals surface area contributed by atoms with Crippen molar-refractivity contribution in [2.24, 2.45) is 0 Å². The number of piperidine rings is 1. The topological polar surface area (TPSA) is 93.7 Å². The van der Waals surface area contributed by atoms with Crippen molar-refractivity contribution in [2.75, 3.05) is 33.4 Å². The predicted octanol–water partition coefficient (Wildman–Crippen LogP) is 4.61. The SMILES string of the molecule is COCCCCN1CCC2(CC1)CC(=O)c1cc(-c3ccc(C(=O)NCc4cncc(C)c4)cn3)ccc1O2. The molecular weight excluding hydrogens is 492 g/mol. The number of hydrogen-bond acceptors (Lipinski definition) is 7. The molecular formula is C31H36N4O4. The lowest BCUT2D eigenvalue weighted by Gasteiger charge is -2.44. The van der Waals surface area contributed by atoms with Gasteiger partial charge in [-0.25, -0.2) is 0 Å².